The number of benzene rings is 2. The second-order valence-corrected chi connectivity index (χ2v) is 9.45. The summed E-state index contributed by atoms with van der Waals surface area (Å²) in [6.07, 6.45) is 0. The topological polar surface area (TPSA) is 131 Å². The number of thiophene rings is 1. The fraction of sp³-hybridized carbons (Fsp3) is 0.100. The highest BCUT2D eigenvalue weighted by atomic mass is 32.2. The van der Waals surface area contributed by atoms with Gasteiger partial charge in [0.15, 0.2) is 6.61 Å². The van der Waals surface area contributed by atoms with Crippen molar-refractivity contribution in [1.29, 1.82) is 0 Å². The van der Waals surface area contributed by atoms with Crippen molar-refractivity contribution in [3.8, 4) is 5.75 Å². The van der Waals surface area contributed by atoms with Gasteiger partial charge in [0, 0.05) is 18.4 Å². The zero-order valence-electron chi connectivity index (χ0n) is 16.4. The van der Waals surface area contributed by atoms with Crippen molar-refractivity contribution in [2.75, 3.05) is 28.6 Å². The predicted octanol–water partition coefficient (Wildman–Crippen LogP) is 3.08. The number of nitrogens with one attached hydrogen (secondary N) is 2. The molecule has 3 rings (SSSR count). The first-order chi connectivity index (χ1) is 14.8. The zero-order valence-corrected chi connectivity index (χ0v) is 18.1. The number of anilines is 3. The molecular weight excluding hydrogens is 440 g/mol. The van der Waals surface area contributed by atoms with Crippen LogP contribution in [0.3, 0.4) is 0 Å². The van der Waals surface area contributed by atoms with Crippen molar-refractivity contribution >= 4 is 50.4 Å². The minimum atomic E-state index is -3.61. The van der Waals surface area contributed by atoms with Crippen molar-refractivity contribution in [1.82, 2.24) is 0 Å². The molecule has 9 nitrogen and oxygen atoms in total. The van der Waals surface area contributed by atoms with Gasteiger partial charge in [0.2, 0.25) is 0 Å². The number of urea groups is 1. The molecule has 0 unspecified atom stereocenters. The van der Waals surface area contributed by atoms with E-state index in [2.05, 4.69) is 10.6 Å². The fourth-order valence-electron chi connectivity index (χ4n) is 2.56. The van der Waals surface area contributed by atoms with Crippen LogP contribution in [0, 0.1) is 0 Å². The number of carbonyl (C=O) groups excluding carboxylic acids is 2. The van der Waals surface area contributed by atoms with Gasteiger partial charge in [-0.15, -0.1) is 11.3 Å². The van der Waals surface area contributed by atoms with E-state index in [9.17, 15) is 18.0 Å². The third-order valence-electron chi connectivity index (χ3n) is 4.12. The Morgan fingerprint density at radius 3 is 2.16 bits per heavy atom. The molecule has 0 aliphatic rings. The molecular formula is C20H20N4O5S2. The molecule has 4 N–H and O–H groups in total. The van der Waals surface area contributed by atoms with Gasteiger partial charge in [-0.25, -0.2) is 13.2 Å². The molecule has 0 fully saturated rings. The minimum Gasteiger partial charge on any atom is -0.484 e. The first-order valence-corrected chi connectivity index (χ1v) is 11.3. The number of nitrogens with zero attached hydrogens (tertiary/aromatic N) is 1. The maximum Gasteiger partial charge on any atom is 0.316 e. The van der Waals surface area contributed by atoms with E-state index in [1.165, 1.54) is 11.4 Å². The summed E-state index contributed by atoms with van der Waals surface area (Å²) in [5.74, 6) is 0.0407. The molecule has 2 aromatic carbocycles. The summed E-state index contributed by atoms with van der Waals surface area (Å²) in [5, 5.41) is 6.79. The van der Waals surface area contributed by atoms with Crippen LogP contribution >= 0.6 is 11.3 Å². The van der Waals surface area contributed by atoms with Crippen LogP contribution in [0.25, 0.3) is 0 Å². The Morgan fingerprint density at radius 1 is 1.00 bits per heavy atom. The predicted molar refractivity (Wildman–Crippen MR) is 120 cm³/mol. The third-order valence-corrected chi connectivity index (χ3v) is 7.27. The van der Waals surface area contributed by atoms with E-state index in [4.69, 9.17) is 10.5 Å². The standard InChI is InChI=1S/C20H20N4O5S2/c1-24(31(27,28)19-3-2-12-30-19)16-8-10-17(11-9-16)29-13-18(25)22-14-4-6-15(7-5-14)23-20(21)26/h2-12H,13H2,1H3,(H,22,25)(H3,21,23,26). The molecule has 3 amide bonds. The monoisotopic (exact) mass is 460 g/mol. The van der Waals surface area contributed by atoms with Gasteiger partial charge >= 0.3 is 6.03 Å². The molecule has 0 atom stereocenters. The van der Waals surface area contributed by atoms with Crippen molar-refractivity contribution in [3.05, 3.63) is 66.0 Å². The highest BCUT2D eigenvalue weighted by molar-refractivity contribution is 7.94. The van der Waals surface area contributed by atoms with Crippen LogP contribution in [-0.2, 0) is 14.8 Å². The highest BCUT2D eigenvalue weighted by Crippen LogP contribution is 2.26. The van der Waals surface area contributed by atoms with Gasteiger partial charge in [-0.2, -0.15) is 0 Å². The maximum atomic E-state index is 12.6. The second kappa shape index (κ2) is 9.49. The summed E-state index contributed by atoms with van der Waals surface area (Å²) in [7, 11) is -2.14. The lowest BCUT2D eigenvalue weighted by atomic mass is 10.3. The second-order valence-electron chi connectivity index (χ2n) is 6.30. The number of hydrogen-bond donors (Lipinski definition) is 3. The summed E-state index contributed by atoms with van der Waals surface area (Å²) in [5.41, 5.74) is 6.54. The molecule has 31 heavy (non-hydrogen) atoms. The SMILES string of the molecule is CN(c1ccc(OCC(=O)Nc2ccc(NC(N)=O)cc2)cc1)S(=O)(=O)c1cccs1. The first-order valence-electron chi connectivity index (χ1n) is 8.97. The number of hydrogen-bond acceptors (Lipinski definition) is 6. The molecule has 0 spiro atoms. The quantitative estimate of drug-likeness (QED) is 0.475. The van der Waals surface area contributed by atoms with Gasteiger partial charge < -0.3 is 21.1 Å². The van der Waals surface area contributed by atoms with E-state index in [0.717, 1.165) is 11.3 Å². The Balaban J connectivity index is 1.54. The smallest absolute Gasteiger partial charge is 0.316 e. The van der Waals surface area contributed by atoms with Crippen molar-refractivity contribution in [3.63, 3.8) is 0 Å². The number of primary amides is 1. The molecule has 0 radical (unpaired) electrons. The minimum absolute atomic E-state index is 0.232. The Hall–Kier alpha value is -3.57. The lowest BCUT2D eigenvalue weighted by molar-refractivity contribution is -0.118. The van der Waals surface area contributed by atoms with Crippen molar-refractivity contribution in [2.24, 2.45) is 5.73 Å². The summed E-state index contributed by atoms with van der Waals surface area (Å²) in [6.45, 7) is -0.232. The van der Waals surface area contributed by atoms with Crippen LogP contribution in [0.1, 0.15) is 0 Å². The molecule has 1 aromatic heterocycles. The van der Waals surface area contributed by atoms with Gasteiger partial charge in [0.1, 0.15) is 9.96 Å². The maximum absolute atomic E-state index is 12.6. The van der Waals surface area contributed by atoms with Gasteiger partial charge in [-0.05, 0) is 60.0 Å². The molecule has 162 valence electrons. The normalized spacial score (nSPS) is 10.9. The molecule has 3 aromatic rings. The van der Waals surface area contributed by atoms with Crippen LogP contribution in [0.15, 0.2) is 70.3 Å². The van der Waals surface area contributed by atoms with Crippen molar-refractivity contribution < 1.29 is 22.7 Å². The van der Waals surface area contributed by atoms with E-state index in [-0.39, 0.29) is 16.7 Å². The number of ether oxygens (including phenoxy) is 1. The third kappa shape index (κ3) is 5.74. The summed E-state index contributed by atoms with van der Waals surface area (Å²) < 4.78 is 32.0. The van der Waals surface area contributed by atoms with Crippen LogP contribution in [0.2, 0.25) is 0 Å². The molecule has 0 aliphatic carbocycles. The van der Waals surface area contributed by atoms with Gasteiger partial charge in [-0.3, -0.25) is 9.10 Å². The van der Waals surface area contributed by atoms with Crippen LogP contribution < -0.4 is 25.4 Å². The van der Waals surface area contributed by atoms with Crippen molar-refractivity contribution in [2.45, 2.75) is 4.21 Å². The molecule has 11 heteroatoms. The molecule has 0 aliphatic heterocycles. The number of nitrogens with two attached hydrogens (primary N) is 1. The summed E-state index contributed by atoms with van der Waals surface area (Å²) in [4.78, 5) is 22.9. The van der Waals surface area contributed by atoms with Gasteiger partial charge in [-0.1, -0.05) is 6.07 Å². The van der Waals surface area contributed by atoms with Gasteiger partial charge in [0.25, 0.3) is 15.9 Å². The zero-order chi connectivity index (χ0) is 22.4. The Kier molecular flexibility index (Phi) is 6.78. The molecule has 0 saturated carbocycles. The average molecular weight is 461 g/mol. The number of rotatable bonds is 8. The van der Waals surface area contributed by atoms with E-state index in [1.807, 2.05) is 0 Å². The van der Waals surface area contributed by atoms with Crippen LogP contribution in [0.5, 0.6) is 5.75 Å². The fourth-order valence-corrected chi connectivity index (χ4v) is 4.92. The van der Waals surface area contributed by atoms with E-state index in [1.54, 1.807) is 66.0 Å². The molecule has 0 saturated heterocycles. The van der Waals surface area contributed by atoms with Gasteiger partial charge in [0.05, 0.1) is 5.69 Å². The number of sulfonamides is 1. The first kappa shape index (κ1) is 22.1. The Labute approximate surface area is 183 Å². The Morgan fingerprint density at radius 2 is 1.61 bits per heavy atom. The lowest BCUT2D eigenvalue weighted by Crippen LogP contribution is -2.25. The Bertz CT molecular complexity index is 1150. The highest BCUT2D eigenvalue weighted by Gasteiger charge is 2.22. The number of amides is 3. The van der Waals surface area contributed by atoms with E-state index >= 15 is 0 Å². The van der Waals surface area contributed by atoms with Crippen LogP contribution in [-0.4, -0.2) is 34.0 Å². The van der Waals surface area contributed by atoms with Crippen LogP contribution in [0.4, 0.5) is 21.9 Å². The summed E-state index contributed by atoms with van der Waals surface area (Å²) >= 11 is 1.15. The average Bonchev–Trinajstić information content (AvgIpc) is 3.29. The molecule has 1 heterocycles. The molecule has 0 bridgehead atoms. The van der Waals surface area contributed by atoms with E-state index in [0.29, 0.717) is 22.8 Å². The largest absolute Gasteiger partial charge is 0.484 e. The summed E-state index contributed by atoms with van der Waals surface area (Å²) in [6, 6.07) is 15.4. The van der Waals surface area contributed by atoms with E-state index < -0.39 is 16.1 Å². The lowest BCUT2D eigenvalue weighted by Gasteiger charge is -2.18. The number of carbonyl (C=O) groups is 2.